The average molecular weight is 451 g/mol. The van der Waals surface area contributed by atoms with Gasteiger partial charge in [-0.25, -0.2) is 9.38 Å². The highest BCUT2D eigenvalue weighted by Gasteiger charge is 2.14. The summed E-state index contributed by atoms with van der Waals surface area (Å²) in [4.78, 5) is 4.45. The summed E-state index contributed by atoms with van der Waals surface area (Å²) in [5, 5.41) is 6.37. The van der Waals surface area contributed by atoms with E-state index in [-0.39, 0.29) is 35.9 Å². The maximum absolute atomic E-state index is 13.1. The molecule has 1 fully saturated rings. The molecule has 1 aliphatic rings. The number of ether oxygens (including phenoxy) is 2. The van der Waals surface area contributed by atoms with Crippen LogP contribution in [-0.4, -0.2) is 45.0 Å². The predicted octanol–water partition coefficient (Wildman–Crippen LogP) is 2.69. The van der Waals surface area contributed by atoms with Gasteiger partial charge >= 0.3 is 0 Å². The van der Waals surface area contributed by atoms with Crippen molar-refractivity contribution in [1.82, 2.24) is 10.6 Å². The molecule has 0 bridgehead atoms. The summed E-state index contributed by atoms with van der Waals surface area (Å²) in [6.07, 6.45) is 2.47. The van der Waals surface area contributed by atoms with E-state index in [0.717, 1.165) is 31.6 Å². The fourth-order valence-corrected chi connectivity index (χ4v) is 2.38. The van der Waals surface area contributed by atoms with Crippen molar-refractivity contribution in [2.24, 2.45) is 4.99 Å². The number of nitrogens with one attached hydrogen (secondary N) is 2. The first-order chi connectivity index (χ1) is 11.3. The largest absolute Gasteiger partial charge is 0.377 e. The molecule has 0 saturated carbocycles. The molecule has 2 rings (SSSR count). The van der Waals surface area contributed by atoms with Crippen molar-refractivity contribution in [2.75, 3.05) is 32.9 Å². The first kappa shape index (κ1) is 21.1. The van der Waals surface area contributed by atoms with Crippen LogP contribution in [-0.2, 0) is 16.0 Å². The van der Waals surface area contributed by atoms with Gasteiger partial charge in [0.05, 0.1) is 25.9 Å². The molecule has 1 aliphatic heterocycles. The van der Waals surface area contributed by atoms with E-state index in [1.54, 1.807) is 6.07 Å². The third kappa shape index (κ3) is 8.25. The molecule has 0 aliphatic carbocycles. The molecule has 0 spiro atoms. The molecule has 0 amide bonds. The minimum absolute atomic E-state index is 0. The quantitative estimate of drug-likeness (QED) is 0.276. The number of benzene rings is 1. The van der Waals surface area contributed by atoms with Crippen LogP contribution in [0.4, 0.5) is 4.39 Å². The normalized spacial score (nSPS) is 17.4. The molecule has 5 nitrogen and oxygen atoms in total. The predicted molar refractivity (Wildman–Crippen MR) is 104 cm³/mol. The smallest absolute Gasteiger partial charge is 0.191 e. The maximum atomic E-state index is 13.1. The van der Waals surface area contributed by atoms with Crippen molar-refractivity contribution in [3.63, 3.8) is 0 Å². The number of hydrogen-bond donors (Lipinski definition) is 2. The Morgan fingerprint density at radius 2 is 2.29 bits per heavy atom. The summed E-state index contributed by atoms with van der Waals surface area (Å²) >= 11 is 0. The molecule has 0 radical (unpaired) electrons. The Labute approximate surface area is 160 Å². The molecule has 1 saturated heterocycles. The van der Waals surface area contributed by atoms with Gasteiger partial charge in [0, 0.05) is 19.7 Å². The molecule has 7 heteroatoms. The van der Waals surface area contributed by atoms with Crippen molar-refractivity contribution in [1.29, 1.82) is 0 Å². The lowest BCUT2D eigenvalue weighted by Gasteiger charge is -2.13. The zero-order chi connectivity index (χ0) is 16.3. The van der Waals surface area contributed by atoms with E-state index in [1.807, 2.05) is 13.0 Å². The highest BCUT2D eigenvalue weighted by atomic mass is 127. The van der Waals surface area contributed by atoms with Gasteiger partial charge in [-0.15, -0.1) is 24.0 Å². The Balaban J connectivity index is 0.00000288. The molecular weight excluding hydrogens is 424 g/mol. The second-order valence-corrected chi connectivity index (χ2v) is 5.46. The lowest BCUT2D eigenvalue weighted by Crippen LogP contribution is -2.39. The van der Waals surface area contributed by atoms with Gasteiger partial charge in [0.25, 0.3) is 0 Å². The number of halogens is 2. The summed E-state index contributed by atoms with van der Waals surface area (Å²) in [6, 6.07) is 6.49. The maximum Gasteiger partial charge on any atom is 0.191 e. The van der Waals surface area contributed by atoms with Crippen molar-refractivity contribution in [3.05, 3.63) is 35.6 Å². The van der Waals surface area contributed by atoms with Gasteiger partial charge in [-0.1, -0.05) is 12.1 Å². The monoisotopic (exact) mass is 451 g/mol. The lowest BCUT2D eigenvalue weighted by atomic mass is 10.2. The zero-order valence-electron chi connectivity index (χ0n) is 14.1. The van der Waals surface area contributed by atoms with E-state index < -0.39 is 0 Å². The first-order valence-electron chi connectivity index (χ1n) is 8.24. The van der Waals surface area contributed by atoms with Crippen LogP contribution in [0, 0.1) is 5.82 Å². The van der Waals surface area contributed by atoms with Gasteiger partial charge in [-0.3, -0.25) is 0 Å². The molecule has 1 atom stereocenters. The summed E-state index contributed by atoms with van der Waals surface area (Å²) in [7, 11) is 0. The van der Waals surface area contributed by atoms with Crippen molar-refractivity contribution in [2.45, 2.75) is 32.4 Å². The molecule has 1 heterocycles. The van der Waals surface area contributed by atoms with Gasteiger partial charge in [0.1, 0.15) is 5.82 Å². The molecule has 1 unspecified atom stereocenters. The Bertz CT molecular complexity index is 496. The Hall–Kier alpha value is -0.930. The molecule has 1 aromatic rings. The minimum atomic E-state index is -0.238. The highest BCUT2D eigenvalue weighted by molar-refractivity contribution is 14.0. The van der Waals surface area contributed by atoms with Crippen LogP contribution in [0.15, 0.2) is 29.3 Å². The molecule has 1 aromatic carbocycles. The van der Waals surface area contributed by atoms with Gasteiger partial charge in [-0.2, -0.15) is 0 Å². The standard InChI is InChI=1S/C17H26FN3O2.HI/c1-2-19-17(21-12-14-5-3-6-15(18)11-14)20-8-10-22-13-16-7-4-9-23-16;/h3,5-6,11,16H,2,4,7-10,12-13H2,1H3,(H2,19,20,21);1H. The van der Waals surface area contributed by atoms with Gasteiger partial charge in [-0.05, 0) is 37.5 Å². The third-order valence-electron chi connectivity index (χ3n) is 3.52. The van der Waals surface area contributed by atoms with Gasteiger partial charge < -0.3 is 20.1 Å². The topological polar surface area (TPSA) is 54.9 Å². The first-order valence-corrected chi connectivity index (χ1v) is 8.24. The minimum Gasteiger partial charge on any atom is -0.377 e. The van der Waals surface area contributed by atoms with Crippen LogP contribution in [0.1, 0.15) is 25.3 Å². The Kier molecular flexibility index (Phi) is 10.9. The Morgan fingerprint density at radius 3 is 3.00 bits per heavy atom. The molecule has 0 aromatic heterocycles. The van der Waals surface area contributed by atoms with Crippen molar-refractivity contribution in [3.8, 4) is 0 Å². The summed E-state index contributed by atoms with van der Waals surface area (Å²) in [5.41, 5.74) is 0.844. The van der Waals surface area contributed by atoms with E-state index in [4.69, 9.17) is 9.47 Å². The zero-order valence-corrected chi connectivity index (χ0v) is 16.4. The third-order valence-corrected chi connectivity index (χ3v) is 3.52. The number of rotatable bonds is 8. The van der Waals surface area contributed by atoms with Crippen molar-refractivity contribution < 1.29 is 13.9 Å². The second kappa shape index (κ2) is 12.4. The summed E-state index contributed by atoms with van der Waals surface area (Å²) in [5.74, 6) is 0.468. The molecule has 136 valence electrons. The number of nitrogens with zero attached hydrogens (tertiary/aromatic N) is 1. The van der Waals surface area contributed by atoms with Crippen LogP contribution in [0.3, 0.4) is 0 Å². The highest BCUT2D eigenvalue weighted by Crippen LogP contribution is 2.11. The fourth-order valence-electron chi connectivity index (χ4n) is 2.38. The molecule has 2 N–H and O–H groups in total. The van der Waals surface area contributed by atoms with Gasteiger partial charge in [0.2, 0.25) is 0 Å². The Morgan fingerprint density at radius 1 is 1.42 bits per heavy atom. The van der Waals surface area contributed by atoms with Crippen LogP contribution in [0.5, 0.6) is 0 Å². The fraction of sp³-hybridized carbons (Fsp3) is 0.588. The van der Waals surface area contributed by atoms with Crippen LogP contribution in [0.25, 0.3) is 0 Å². The van der Waals surface area contributed by atoms with E-state index in [2.05, 4.69) is 15.6 Å². The van der Waals surface area contributed by atoms with Crippen molar-refractivity contribution >= 4 is 29.9 Å². The van der Waals surface area contributed by atoms with E-state index in [0.29, 0.717) is 32.3 Å². The molecular formula is C17H27FIN3O2. The summed E-state index contributed by atoms with van der Waals surface area (Å²) < 4.78 is 24.3. The van der Waals surface area contributed by atoms with Crippen LogP contribution in [0.2, 0.25) is 0 Å². The number of hydrogen-bond acceptors (Lipinski definition) is 3. The van der Waals surface area contributed by atoms with E-state index in [9.17, 15) is 4.39 Å². The van der Waals surface area contributed by atoms with Crippen LogP contribution >= 0.6 is 24.0 Å². The van der Waals surface area contributed by atoms with E-state index in [1.165, 1.54) is 12.1 Å². The lowest BCUT2D eigenvalue weighted by molar-refractivity contribution is 0.0191. The number of aliphatic imine (C=N–C) groups is 1. The van der Waals surface area contributed by atoms with Gasteiger partial charge in [0.15, 0.2) is 5.96 Å². The van der Waals surface area contributed by atoms with E-state index >= 15 is 0 Å². The van der Waals surface area contributed by atoms with Crippen LogP contribution < -0.4 is 10.6 Å². The second-order valence-electron chi connectivity index (χ2n) is 5.46. The summed E-state index contributed by atoms with van der Waals surface area (Å²) in [6.45, 7) is 5.98. The average Bonchev–Trinajstić information content (AvgIpc) is 3.05. The molecule has 24 heavy (non-hydrogen) atoms. The SMILES string of the molecule is CCNC(=NCc1cccc(F)c1)NCCOCC1CCCO1.I. The number of guanidine groups is 1.